The molecule has 5 nitrogen and oxygen atoms in total. The molecule has 24 heavy (non-hydrogen) atoms. The van der Waals surface area contributed by atoms with Crippen LogP contribution in [0.2, 0.25) is 5.02 Å². The molecular weight excluding hydrogens is 348 g/mol. The maximum atomic E-state index is 12.5. The summed E-state index contributed by atoms with van der Waals surface area (Å²) in [5.74, 6) is -0.00448. The molecule has 1 amide bonds. The van der Waals surface area contributed by atoms with Crippen LogP contribution in [0, 0.1) is 12.8 Å². The van der Waals surface area contributed by atoms with Crippen LogP contribution in [0.1, 0.15) is 18.4 Å². The van der Waals surface area contributed by atoms with Crippen molar-refractivity contribution in [1.82, 2.24) is 0 Å². The fourth-order valence-corrected chi connectivity index (χ4v) is 3.43. The molecule has 3 rings (SSSR count). The van der Waals surface area contributed by atoms with Crippen molar-refractivity contribution in [2.75, 3.05) is 10.0 Å². The first-order chi connectivity index (χ1) is 11.3. The third-order valence-corrected chi connectivity index (χ3v) is 5.45. The van der Waals surface area contributed by atoms with Gasteiger partial charge >= 0.3 is 0 Å². The van der Waals surface area contributed by atoms with Gasteiger partial charge in [-0.3, -0.25) is 9.52 Å². The quantitative estimate of drug-likeness (QED) is 0.847. The summed E-state index contributed by atoms with van der Waals surface area (Å²) in [6.07, 6.45) is 1.78. The van der Waals surface area contributed by atoms with E-state index in [2.05, 4.69) is 10.0 Å². The van der Waals surface area contributed by atoms with Crippen molar-refractivity contribution in [3.05, 3.63) is 53.1 Å². The molecule has 0 aliphatic heterocycles. The lowest BCUT2D eigenvalue weighted by Crippen LogP contribution is -2.16. The Kier molecular flexibility index (Phi) is 4.51. The van der Waals surface area contributed by atoms with Gasteiger partial charge in [-0.25, -0.2) is 8.42 Å². The second-order valence-corrected chi connectivity index (χ2v) is 7.97. The number of sulfonamides is 1. The van der Waals surface area contributed by atoms with Crippen molar-refractivity contribution < 1.29 is 13.2 Å². The maximum Gasteiger partial charge on any atom is 0.261 e. The second kappa shape index (κ2) is 6.45. The Bertz CT molecular complexity index is 875. The molecule has 7 heteroatoms. The standard InChI is InChI=1S/C17H17ClN2O3S/c1-11-2-9-15(10-16(11)19-17(21)12-3-4-12)24(22,23)20-14-7-5-13(18)6-8-14/h2,5-10,12,20H,3-4H2,1H3,(H,19,21). The smallest absolute Gasteiger partial charge is 0.261 e. The molecule has 1 fully saturated rings. The molecule has 1 aliphatic carbocycles. The highest BCUT2D eigenvalue weighted by molar-refractivity contribution is 7.92. The van der Waals surface area contributed by atoms with E-state index in [0.717, 1.165) is 18.4 Å². The third kappa shape index (κ3) is 3.88. The summed E-state index contributed by atoms with van der Waals surface area (Å²) in [5, 5.41) is 3.33. The highest BCUT2D eigenvalue weighted by atomic mass is 35.5. The lowest BCUT2D eigenvalue weighted by atomic mass is 10.2. The molecule has 1 saturated carbocycles. The Morgan fingerprint density at radius 3 is 2.42 bits per heavy atom. The van der Waals surface area contributed by atoms with E-state index in [4.69, 9.17) is 11.6 Å². The highest BCUT2D eigenvalue weighted by Gasteiger charge is 2.30. The lowest BCUT2D eigenvalue weighted by molar-refractivity contribution is -0.117. The van der Waals surface area contributed by atoms with Gasteiger partial charge in [-0.15, -0.1) is 0 Å². The van der Waals surface area contributed by atoms with E-state index >= 15 is 0 Å². The van der Waals surface area contributed by atoms with Crippen LogP contribution in [0.3, 0.4) is 0 Å². The fourth-order valence-electron chi connectivity index (χ4n) is 2.22. The van der Waals surface area contributed by atoms with Crippen LogP contribution in [0.5, 0.6) is 0 Å². The van der Waals surface area contributed by atoms with Crippen LogP contribution >= 0.6 is 11.6 Å². The summed E-state index contributed by atoms with van der Waals surface area (Å²) in [6.45, 7) is 1.82. The van der Waals surface area contributed by atoms with Crippen LogP contribution < -0.4 is 10.0 Å². The first-order valence-electron chi connectivity index (χ1n) is 7.55. The highest BCUT2D eigenvalue weighted by Crippen LogP contribution is 2.31. The van der Waals surface area contributed by atoms with Gasteiger partial charge in [0.05, 0.1) is 4.90 Å². The molecule has 2 N–H and O–H groups in total. The van der Waals surface area contributed by atoms with Crippen molar-refractivity contribution in [1.29, 1.82) is 0 Å². The predicted molar refractivity (Wildman–Crippen MR) is 94.8 cm³/mol. The molecule has 126 valence electrons. The maximum absolute atomic E-state index is 12.5. The van der Waals surface area contributed by atoms with Gasteiger partial charge in [-0.2, -0.15) is 0 Å². The van der Waals surface area contributed by atoms with Gasteiger partial charge in [0.15, 0.2) is 0 Å². The monoisotopic (exact) mass is 364 g/mol. The number of carbonyl (C=O) groups is 1. The van der Waals surface area contributed by atoms with Gasteiger partial charge in [0.2, 0.25) is 5.91 Å². The van der Waals surface area contributed by atoms with Crippen LogP contribution in [0.4, 0.5) is 11.4 Å². The summed E-state index contributed by atoms with van der Waals surface area (Å²) >= 11 is 5.80. The number of hydrogen-bond acceptors (Lipinski definition) is 3. The van der Waals surface area contributed by atoms with Gasteiger partial charge < -0.3 is 5.32 Å². The predicted octanol–water partition coefficient (Wildman–Crippen LogP) is 3.80. The molecule has 0 radical (unpaired) electrons. The minimum absolute atomic E-state index is 0.0526. The van der Waals surface area contributed by atoms with Crippen LogP contribution in [0.15, 0.2) is 47.4 Å². The molecule has 0 bridgehead atoms. The van der Waals surface area contributed by atoms with Crippen molar-refractivity contribution in [3.63, 3.8) is 0 Å². The number of aryl methyl sites for hydroxylation is 1. The molecule has 2 aromatic carbocycles. The van der Waals surface area contributed by atoms with Gasteiger partial charge in [-0.05, 0) is 61.7 Å². The van der Waals surface area contributed by atoms with Gasteiger partial charge in [0, 0.05) is 22.3 Å². The number of anilines is 2. The number of halogens is 1. The minimum atomic E-state index is -3.75. The van der Waals surface area contributed by atoms with E-state index < -0.39 is 10.0 Å². The van der Waals surface area contributed by atoms with E-state index in [1.807, 2.05) is 6.92 Å². The largest absolute Gasteiger partial charge is 0.326 e. The van der Waals surface area contributed by atoms with Crippen molar-refractivity contribution in [2.45, 2.75) is 24.7 Å². The molecule has 0 spiro atoms. The number of rotatable bonds is 5. The second-order valence-electron chi connectivity index (χ2n) is 5.85. The lowest BCUT2D eigenvalue weighted by Gasteiger charge is -2.12. The number of amides is 1. The fraction of sp³-hybridized carbons (Fsp3) is 0.235. The Morgan fingerprint density at radius 2 is 1.79 bits per heavy atom. The Hall–Kier alpha value is -2.05. The van der Waals surface area contributed by atoms with Gasteiger partial charge in [0.1, 0.15) is 0 Å². The number of benzene rings is 2. The summed E-state index contributed by atoms with van der Waals surface area (Å²) in [5.41, 5.74) is 1.75. The molecule has 1 aliphatic rings. The normalized spacial score (nSPS) is 14.2. The Labute approximate surface area is 146 Å². The number of hydrogen-bond donors (Lipinski definition) is 2. The van der Waals surface area contributed by atoms with E-state index in [0.29, 0.717) is 16.4 Å². The zero-order valence-corrected chi connectivity index (χ0v) is 14.6. The average molecular weight is 365 g/mol. The average Bonchev–Trinajstić information content (AvgIpc) is 3.36. The van der Waals surface area contributed by atoms with Gasteiger partial charge in [-0.1, -0.05) is 17.7 Å². The molecule has 0 unspecified atom stereocenters. The summed E-state index contributed by atoms with van der Waals surface area (Å²) in [7, 11) is -3.75. The summed E-state index contributed by atoms with van der Waals surface area (Å²) in [4.78, 5) is 12.0. The van der Waals surface area contributed by atoms with Crippen LogP contribution in [0.25, 0.3) is 0 Å². The Balaban J connectivity index is 1.84. The van der Waals surface area contributed by atoms with Crippen LogP contribution in [-0.2, 0) is 14.8 Å². The summed E-state index contributed by atoms with van der Waals surface area (Å²) < 4.78 is 27.5. The number of nitrogens with one attached hydrogen (secondary N) is 2. The van der Waals surface area contributed by atoms with E-state index in [9.17, 15) is 13.2 Å². The Morgan fingerprint density at radius 1 is 1.12 bits per heavy atom. The molecular formula is C17H17ClN2O3S. The van der Waals surface area contributed by atoms with Crippen LogP contribution in [-0.4, -0.2) is 14.3 Å². The molecule has 0 heterocycles. The van der Waals surface area contributed by atoms with E-state index in [-0.39, 0.29) is 16.7 Å². The topological polar surface area (TPSA) is 75.3 Å². The number of carbonyl (C=O) groups excluding carboxylic acids is 1. The van der Waals surface area contributed by atoms with E-state index in [1.54, 1.807) is 30.3 Å². The van der Waals surface area contributed by atoms with Gasteiger partial charge in [0.25, 0.3) is 10.0 Å². The van der Waals surface area contributed by atoms with Crippen molar-refractivity contribution in [2.24, 2.45) is 5.92 Å². The first kappa shape index (κ1) is 16.8. The molecule has 0 aromatic heterocycles. The summed E-state index contributed by atoms with van der Waals surface area (Å²) in [6, 6.07) is 11.1. The minimum Gasteiger partial charge on any atom is -0.326 e. The zero-order chi connectivity index (χ0) is 17.3. The zero-order valence-electron chi connectivity index (χ0n) is 13.0. The first-order valence-corrected chi connectivity index (χ1v) is 9.41. The van der Waals surface area contributed by atoms with Crippen molar-refractivity contribution >= 4 is 38.9 Å². The van der Waals surface area contributed by atoms with E-state index in [1.165, 1.54) is 12.1 Å². The molecule has 0 saturated heterocycles. The van der Waals surface area contributed by atoms with Crippen molar-refractivity contribution in [3.8, 4) is 0 Å². The third-order valence-electron chi connectivity index (χ3n) is 3.82. The SMILES string of the molecule is Cc1ccc(S(=O)(=O)Nc2ccc(Cl)cc2)cc1NC(=O)C1CC1. The molecule has 2 aromatic rings. The molecule has 0 atom stereocenters.